The first-order valence-corrected chi connectivity index (χ1v) is 12.4. The van der Waals surface area contributed by atoms with Crippen LogP contribution in [0.15, 0.2) is 23.8 Å². The van der Waals surface area contributed by atoms with Crippen molar-refractivity contribution >= 4 is 19.4 Å². The van der Waals surface area contributed by atoms with Gasteiger partial charge in [0.25, 0.3) is 0 Å². The summed E-state index contributed by atoms with van der Waals surface area (Å²) in [6.07, 6.45) is 3.39. The van der Waals surface area contributed by atoms with E-state index in [-0.39, 0.29) is 18.6 Å². The van der Waals surface area contributed by atoms with Crippen molar-refractivity contribution in [3.63, 3.8) is 0 Å². The van der Waals surface area contributed by atoms with Gasteiger partial charge in [0.05, 0.1) is 12.7 Å². The molecule has 0 aromatic heterocycles. The van der Waals surface area contributed by atoms with Crippen LogP contribution in [0, 0.1) is 28.6 Å². The molecule has 0 bridgehead atoms. The van der Waals surface area contributed by atoms with E-state index in [4.69, 9.17) is 0 Å². The Morgan fingerprint density at radius 2 is 1.91 bits per heavy atom. The fourth-order valence-corrected chi connectivity index (χ4v) is 7.42. The zero-order chi connectivity index (χ0) is 23.9. The highest BCUT2D eigenvalue weighted by molar-refractivity contribution is 7.46. The van der Waals surface area contributed by atoms with E-state index in [0.29, 0.717) is 18.4 Å². The van der Waals surface area contributed by atoms with Crippen molar-refractivity contribution in [3.05, 3.63) is 23.8 Å². The number of aliphatic hydroxyl groups is 2. The molecule has 0 unspecified atom stereocenters. The summed E-state index contributed by atoms with van der Waals surface area (Å²) in [6.45, 7) is 3.90. The number of hydrogen-bond donors (Lipinski definition) is 4. The van der Waals surface area contributed by atoms with E-state index in [0.717, 1.165) is 0 Å². The number of allylic oxidation sites excluding steroid dienone is 4. The van der Waals surface area contributed by atoms with Gasteiger partial charge in [-0.25, -0.2) is 8.96 Å². The van der Waals surface area contributed by atoms with Gasteiger partial charge in [-0.05, 0) is 50.7 Å². The van der Waals surface area contributed by atoms with Crippen molar-refractivity contribution < 1.29 is 43.1 Å². The highest BCUT2D eigenvalue weighted by Gasteiger charge is 2.74. The number of Topliss-reactive ketones (excluding diaryl/α,β-unsaturated/α-hetero) is 1. The van der Waals surface area contributed by atoms with Gasteiger partial charge in [-0.15, -0.1) is 0 Å². The van der Waals surface area contributed by atoms with Crippen LogP contribution in [0.25, 0.3) is 0 Å². The number of fused-ring (bicyclic) bond motifs is 5. The van der Waals surface area contributed by atoms with E-state index >= 15 is 4.39 Å². The maximum atomic E-state index is 17.1. The van der Waals surface area contributed by atoms with Gasteiger partial charge in [-0.1, -0.05) is 25.5 Å². The second kappa shape index (κ2) is 7.14. The van der Waals surface area contributed by atoms with Gasteiger partial charge in [0.1, 0.15) is 0 Å². The van der Waals surface area contributed by atoms with Crippen molar-refractivity contribution in [2.45, 2.75) is 63.8 Å². The predicted molar refractivity (Wildman–Crippen MR) is 111 cm³/mol. The van der Waals surface area contributed by atoms with Crippen LogP contribution >= 0.6 is 7.82 Å². The number of carbonyl (C=O) groups excluding carboxylic acids is 2. The minimum atomic E-state index is -4.99. The zero-order valence-electron chi connectivity index (χ0n) is 18.3. The lowest BCUT2D eigenvalue weighted by Crippen LogP contribution is -2.74. The Morgan fingerprint density at radius 1 is 1.25 bits per heavy atom. The molecular formula is C22H30FO8P. The third kappa shape index (κ3) is 3.02. The number of carbonyl (C=O) groups is 2. The normalized spacial score (nSPS) is 48.6. The number of halogens is 1. The molecule has 3 fully saturated rings. The highest BCUT2D eigenvalue weighted by Crippen LogP contribution is 2.68. The minimum absolute atomic E-state index is 0.226. The molecule has 4 rings (SSSR count). The first-order valence-electron chi connectivity index (χ1n) is 10.9. The molecule has 4 N–H and O–H groups in total. The number of phosphoric acid groups is 1. The molecule has 32 heavy (non-hydrogen) atoms. The van der Waals surface area contributed by atoms with E-state index in [1.165, 1.54) is 18.2 Å². The molecule has 0 radical (unpaired) electrons. The van der Waals surface area contributed by atoms with Crippen molar-refractivity contribution in [2.75, 3.05) is 6.61 Å². The minimum Gasteiger partial charge on any atom is -0.390 e. The second-order valence-corrected chi connectivity index (χ2v) is 11.6. The molecule has 3 saturated carbocycles. The molecule has 178 valence electrons. The lowest BCUT2D eigenvalue weighted by molar-refractivity contribution is -0.254. The average molecular weight is 472 g/mol. The Bertz CT molecular complexity index is 973. The molecule has 8 nitrogen and oxygen atoms in total. The summed E-state index contributed by atoms with van der Waals surface area (Å²) in [5, 5.41) is 22.7. The first-order chi connectivity index (χ1) is 14.6. The Balaban J connectivity index is 1.81. The van der Waals surface area contributed by atoms with Crippen molar-refractivity contribution in [3.8, 4) is 0 Å². The molecule has 0 heterocycles. The molecular weight excluding hydrogens is 442 g/mol. The van der Waals surface area contributed by atoms with Gasteiger partial charge in [-0.2, -0.15) is 0 Å². The van der Waals surface area contributed by atoms with Crippen LogP contribution in [0.2, 0.25) is 0 Å². The number of hydrogen-bond acceptors (Lipinski definition) is 6. The standard InChI is InChI=1S/C22H30FO8P/c1-12-8-16-15-5-4-13-9-14(24)6-7-19(13,2)22(15,23)17(25)10-20(16,3)21(27,18(12)26)11-31-32(28,29)30/h6-7,9,12,15-17,25,27H,4-5,8,10-11H2,1-3H3,(H2,28,29,30)/t12-,15-,16-,17-,19-,20-,21+,22-/m0/s1. The molecule has 0 aromatic rings. The van der Waals surface area contributed by atoms with Crippen LogP contribution in [-0.4, -0.2) is 55.5 Å². The monoisotopic (exact) mass is 472 g/mol. The van der Waals surface area contributed by atoms with Gasteiger partial charge >= 0.3 is 7.82 Å². The number of rotatable bonds is 3. The quantitative estimate of drug-likeness (QED) is 0.457. The van der Waals surface area contributed by atoms with Crippen molar-refractivity contribution in [1.82, 2.24) is 0 Å². The molecule has 0 spiro atoms. The summed E-state index contributed by atoms with van der Waals surface area (Å²) in [5.41, 5.74) is -6.39. The van der Waals surface area contributed by atoms with Crippen LogP contribution in [0.4, 0.5) is 4.39 Å². The summed E-state index contributed by atoms with van der Waals surface area (Å²) in [5.74, 6) is -2.84. The van der Waals surface area contributed by atoms with Crippen LogP contribution in [0.5, 0.6) is 0 Å². The topological polar surface area (TPSA) is 141 Å². The molecule has 4 aliphatic carbocycles. The zero-order valence-corrected chi connectivity index (χ0v) is 19.2. The summed E-state index contributed by atoms with van der Waals surface area (Å²) in [4.78, 5) is 43.3. The Hall–Kier alpha value is -1.22. The summed E-state index contributed by atoms with van der Waals surface area (Å²) >= 11 is 0. The van der Waals surface area contributed by atoms with Gasteiger partial charge < -0.3 is 20.0 Å². The summed E-state index contributed by atoms with van der Waals surface area (Å²) in [6, 6.07) is 0. The number of phosphoric ester groups is 1. The Labute approximate surface area is 185 Å². The van der Waals surface area contributed by atoms with E-state index in [1.54, 1.807) is 20.8 Å². The van der Waals surface area contributed by atoms with Crippen LogP contribution in [0.3, 0.4) is 0 Å². The van der Waals surface area contributed by atoms with Crippen molar-refractivity contribution in [1.29, 1.82) is 0 Å². The molecule has 8 atom stereocenters. The molecule has 0 aliphatic heterocycles. The van der Waals surface area contributed by atoms with E-state index in [9.17, 15) is 34.2 Å². The fraction of sp³-hybridized carbons (Fsp3) is 0.727. The van der Waals surface area contributed by atoms with Crippen LogP contribution < -0.4 is 0 Å². The first kappa shape index (κ1) is 23.9. The number of ketones is 2. The number of alkyl halides is 1. The van der Waals surface area contributed by atoms with Crippen LogP contribution in [0.1, 0.15) is 46.5 Å². The molecule has 10 heteroatoms. The SMILES string of the molecule is C[C@H]1C[C@H]2[C@@H]3CCC4=CC(=O)C=C[C@]4(C)[C@@]3(F)[C@@H](O)C[C@]2(C)[C@@](O)(COP(=O)(O)O)C1=O. The van der Waals surface area contributed by atoms with Crippen molar-refractivity contribution in [2.24, 2.45) is 28.6 Å². The molecule has 4 aliphatic rings. The smallest absolute Gasteiger partial charge is 0.390 e. The van der Waals surface area contributed by atoms with Crippen LogP contribution in [-0.2, 0) is 18.7 Å². The molecule has 0 saturated heterocycles. The second-order valence-electron chi connectivity index (χ2n) is 10.4. The molecule has 0 aromatic carbocycles. The molecule has 0 amide bonds. The summed E-state index contributed by atoms with van der Waals surface area (Å²) < 4.78 is 33.0. The highest BCUT2D eigenvalue weighted by atomic mass is 31.2. The third-order valence-electron chi connectivity index (χ3n) is 8.88. The Kier molecular flexibility index (Phi) is 5.34. The van der Waals surface area contributed by atoms with Gasteiger partial charge in [0.2, 0.25) is 0 Å². The average Bonchev–Trinajstić information content (AvgIpc) is 2.69. The lowest BCUT2D eigenvalue weighted by Gasteiger charge is -2.66. The van der Waals surface area contributed by atoms with Gasteiger partial charge in [-0.3, -0.25) is 14.1 Å². The maximum Gasteiger partial charge on any atom is 0.469 e. The van der Waals surface area contributed by atoms with E-state index < -0.39 is 66.2 Å². The Morgan fingerprint density at radius 3 is 2.53 bits per heavy atom. The van der Waals surface area contributed by atoms with Gasteiger partial charge in [0.15, 0.2) is 22.8 Å². The van der Waals surface area contributed by atoms with E-state index in [2.05, 4.69) is 4.52 Å². The van der Waals surface area contributed by atoms with E-state index in [1.807, 2.05) is 0 Å². The summed E-state index contributed by atoms with van der Waals surface area (Å²) in [7, 11) is -4.99. The maximum absolute atomic E-state index is 17.1. The number of aliphatic hydroxyl groups excluding tert-OH is 1. The van der Waals surface area contributed by atoms with Gasteiger partial charge in [0, 0.05) is 22.7 Å². The fourth-order valence-electron chi connectivity index (χ4n) is 7.06. The predicted octanol–water partition coefficient (Wildman–Crippen LogP) is 2.01. The largest absolute Gasteiger partial charge is 0.469 e. The lowest BCUT2D eigenvalue weighted by atomic mass is 9.40. The third-order valence-corrected chi connectivity index (χ3v) is 9.35.